The summed E-state index contributed by atoms with van der Waals surface area (Å²) in [6.07, 6.45) is 3.22. The zero-order valence-electron chi connectivity index (χ0n) is 17.2. The lowest BCUT2D eigenvalue weighted by molar-refractivity contribution is -0.145. The van der Waals surface area contributed by atoms with E-state index in [1.165, 1.54) is 5.56 Å². The van der Waals surface area contributed by atoms with Gasteiger partial charge in [-0.1, -0.05) is 54.6 Å². The van der Waals surface area contributed by atoms with Crippen molar-refractivity contribution in [3.8, 4) is 0 Å². The summed E-state index contributed by atoms with van der Waals surface area (Å²) in [5.74, 6) is -0.185. The van der Waals surface area contributed by atoms with Gasteiger partial charge in [0.1, 0.15) is 5.69 Å². The molecular formula is C25H26N2O3. The number of hydrogen-bond donors (Lipinski definition) is 0. The topological polar surface area (TPSA) is 59.5 Å². The maximum absolute atomic E-state index is 13.5. The summed E-state index contributed by atoms with van der Waals surface area (Å²) in [4.78, 5) is 31.8. The molecule has 2 aromatic carbocycles. The van der Waals surface area contributed by atoms with Crippen molar-refractivity contribution in [2.45, 2.75) is 19.8 Å². The molecule has 1 aliphatic carbocycles. The number of aromatic nitrogens is 1. The SMILES string of the molecule is CCOC(=O)[C@H]1C[C@H]1CN(CCc1ccccc1)C(=O)c1nccc2ccccc12. The van der Waals surface area contributed by atoms with Crippen LogP contribution in [0, 0.1) is 11.8 Å². The minimum atomic E-state index is -0.152. The molecule has 5 nitrogen and oxygen atoms in total. The van der Waals surface area contributed by atoms with Crippen LogP contribution < -0.4 is 0 Å². The predicted molar refractivity (Wildman–Crippen MR) is 116 cm³/mol. The van der Waals surface area contributed by atoms with E-state index in [1.54, 1.807) is 6.20 Å². The largest absolute Gasteiger partial charge is 0.466 e. The summed E-state index contributed by atoms with van der Waals surface area (Å²) in [5.41, 5.74) is 1.65. The van der Waals surface area contributed by atoms with Gasteiger partial charge in [-0.15, -0.1) is 0 Å². The summed E-state index contributed by atoms with van der Waals surface area (Å²) < 4.78 is 5.15. The van der Waals surface area contributed by atoms with Gasteiger partial charge in [-0.05, 0) is 42.7 Å². The molecule has 30 heavy (non-hydrogen) atoms. The standard InChI is InChI=1S/C25H26N2O3/c1-2-30-25(29)22-16-20(22)17-27(15-13-18-8-4-3-5-9-18)24(28)23-21-11-7-6-10-19(21)12-14-26-23/h3-12,14,20,22H,2,13,15-17H2,1H3/t20-,22-/m0/s1. The fraction of sp³-hybridized carbons (Fsp3) is 0.320. The maximum atomic E-state index is 13.5. The molecule has 0 bridgehead atoms. The number of carbonyl (C=O) groups excluding carboxylic acids is 2. The number of amides is 1. The Kier molecular flexibility index (Phi) is 6.07. The monoisotopic (exact) mass is 402 g/mol. The van der Waals surface area contributed by atoms with E-state index in [1.807, 2.05) is 60.4 Å². The number of nitrogens with zero attached hydrogens (tertiary/aromatic N) is 2. The molecule has 0 radical (unpaired) electrons. The zero-order valence-corrected chi connectivity index (χ0v) is 17.2. The second kappa shape index (κ2) is 9.08. The Morgan fingerprint density at radius 1 is 1.07 bits per heavy atom. The summed E-state index contributed by atoms with van der Waals surface area (Å²) in [5, 5.41) is 1.85. The molecule has 1 aliphatic rings. The van der Waals surface area contributed by atoms with E-state index in [9.17, 15) is 9.59 Å². The van der Waals surface area contributed by atoms with Gasteiger partial charge in [-0.25, -0.2) is 0 Å². The summed E-state index contributed by atoms with van der Waals surface area (Å²) in [6, 6.07) is 19.8. The van der Waals surface area contributed by atoms with Gasteiger partial charge in [0.25, 0.3) is 5.91 Å². The number of esters is 1. The van der Waals surface area contributed by atoms with Crippen LogP contribution in [-0.2, 0) is 16.0 Å². The Morgan fingerprint density at radius 3 is 2.63 bits per heavy atom. The average Bonchev–Trinajstić information content (AvgIpc) is 3.56. The third-order valence-electron chi connectivity index (χ3n) is 5.64. The summed E-state index contributed by atoms with van der Waals surface area (Å²) >= 11 is 0. The van der Waals surface area contributed by atoms with Gasteiger partial charge in [0, 0.05) is 24.7 Å². The first kappa shape index (κ1) is 20.1. The fourth-order valence-electron chi connectivity index (χ4n) is 3.89. The number of hydrogen-bond acceptors (Lipinski definition) is 4. The number of ether oxygens (including phenoxy) is 1. The lowest BCUT2D eigenvalue weighted by Gasteiger charge is -2.23. The first-order chi connectivity index (χ1) is 14.7. The van der Waals surface area contributed by atoms with E-state index in [-0.39, 0.29) is 23.7 Å². The Morgan fingerprint density at radius 2 is 1.83 bits per heavy atom. The Balaban J connectivity index is 1.54. The summed E-state index contributed by atoms with van der Waals surface area (Å²) in [7, 11) is 0. The lowest BCUT2D eigenvalue weighted by Crippen LogP contribution is -2.36. The molecule has 1 aromatic heterocycles. The van der Waals surface area contributed by atoms with Crippen molar-refractivity contribution in [3.05, 3.63) is 78.1 Å². The highest BCUT2D eigenvalue weighted by atomic mass is 16.5. The van der Waals surface area contributed by atoms with Crippen LogP contribution in [0.25, 0.3) is 10.8 Å². The first-order valence-corrected chi connectivity index (χ1v) is 10.5. The number of carbonyl (C=O) groups is 2. The number of fused-ring (bicyclic) bond motifs is 1. The smallest absolute Gasteiger partial charge is 0.309 e. The molecule has 154 valence electrons. The molecule has 0 N–H and O–H groups in total. The van der Waals surface area contributed by atoms with Crippen molar-refractivity contribution >= 4 is 22.6 Å². The van der Waals surface area contributed by atoms with Crippen molar-refractivity contribution in [3.63, 3.8) is 0 Å². The Bertz CT molecular complexity index is 1030. The molecular weight excluding hydrogens is 376 g/mol. The molecule has 0 saturated heterocycles. The van der Waals surface area contributed by atoms with Crippen LogP contribution in [0.1, 0.15) is 29.4 Å². The first-order valence-electron chi connectivity index (χ1n) is 10.5. The molecule has 0 aliphatic heterocycles. The van der Waals surface area contributed by atoms with Gasteiger partial charge in [-0.3, -0.25) is 14.6 Å². The van der Waals surface area contributed by atoms with Crippen LogP contribution >= 0.6 is 0 Å². The fourth-order valence-corrected chi connectivity index (χ4v) is 3.89. The second-order valence-electron chi connectivity index (χ2n) is 7.72. The molecule has 1 fully saturated rings. The highest BCUT2D eigenvalue weighted by Gasteiger charge is 2.45. The third kappa shape index (κ3) is 4.51. The van der Waals surface area contributed by atoms with E-state index >= 15 is 0 Å². The maximum Gasteiger partial charge on any atom is 0.309 e. The molecule has 5 heteroatoms. The normalized spacial score (nSPS) is 17.5. The van der Waals surface area contributed by atoms with Gasteiger partial charge >= 0.3 is 5.97 Å². The van der Waals surface area contributed by atoms with Crippen LogP contribution in [0.15, 0.2) is 66.9 Å². The van der Waals surface area contributed by atoms with E-state index in [0.717, 1.165) is 23.6 Å². The Labute approximate surface area is 176 Å². The van der Waals surface area contributed by atoms with Crippen LogP contribution in [0.4, 0.5) is 0 Å². The van der Waals surface area contributed by atoms with Crippen LogP contribution in [0.5, 0.6) is 0 Å². The average molecular weight is 402 g/mol. The van der Waals surface area contributed by atoms with Gasteiger partial charge in [0.2, 0.25) is 0 Å². The van der Waals surface area contributed by atoms with Crippen LogP contribution in [0.3, 0.4) is 0 Å². The predicted octanol–water partition coefficient (Wildman–Crippen LogP) is 4.12. The van der Waals surface area contributed by atoms with Crippen molar-refractivity contribution < 1.29 is 14.3 Å². The minimum absolute atomic E-state index is 0.0859. The van der Waals surface area contributed by atoms with E-state index in [2.05, 4.69) is 17.1 Å². The molecule has 3 aromatic rings. The third-order valence-corrected chi connectivity index (χ3v) is 5.64. The van der Waals surface area contributed by atoms with Gasteiger partial charge < -0.3 is 9.64 Å². The van der Waals surface area contributed by atoms with Gasteiger partial charge in [0.05, 0.1) is 12.5 Å². The molecule has 4 rings (SSSR count). The number of rotatable bonds is 8. The molecule has 2 atom stereocenters. The highest BCUT2D eigenvalue weighted by Crippen LogP contribution is 2.40. The highest BCUT2D eigenvalue weighted by molar-refractivity contribution is 6.05. The molecule has 0 unspecified atom stereocenters. The van der Waals surface area contributed by atoms with Crippen LogP contribution in [-0.4, -0.2) is 41.5 Å². The molecule has 1 heterocycles. The van der Waals surface area contributed by atoms with Crippen LogP contribution in [0.2, 0.25) is 0 Å². The van der Waals surface area contributed by atoms with Gasteiger partial charge in [0.15, 0.2) is 0 Å². The molecule has 1 saturated carbocycles. The van der Waals surface area contributed by atoms with E-state index in [0.29, 0.717) is 25.4 Å². The minimum Gasteiger partial charge on any atom is -0.466 e. The van der Waals surface area contributed by atoms with Crippen molar-refractivity contribution in [1.29, 1.82) is 0 Å². The molecule has 0 spiro atoms. The molecule has 1 amide bonds. The quantitative estimate of drug-likeness (QED) is 0.532. The van der Waals surface area contributed by atoms with Crippen molar-refractivity contribution in [2.75, 3.05) is 19.7 Å². The lowest BCUT2D eigenvalue weighted by atomic mass is 10.1. The van der Waals surface area contributed by atoms with E-state index < -0.39 is 0 Å². The van der Waals surface area contributed by atoms with E-state index in [4.69, 9.17) is 4.74 Å². The second-order valence-corrected chi connectivity index (χ2v) is 7.72. The number of pyridine rings is 1. The number of benzene rings is 2. The Hall–Kier alpha value is -3.21. The summed E-state index contributed by atoms with van der Waals surface area (Å²) in [6.45, 7) is 3.33. The van der Waals surface area contributed by atoms with Crippen molar-refractivity contribution in [2.24, 2.45) is 11.8 Å². The zero-order chi connectivity index (χ0) is 20.9. The van der Waals surface area contributed by atoms with Crippen molar-refractivity contribution in [1.82, 2.24) is 9.88 Å². The van der Waals surface area contributed by atoms with Gasteiger partial charge in [-0.2, -0.15) is 0 Å².